The molecule has 2 saturated heterocycles. The summed E-state index contributed by atoms with van der Waals surface area (Å²) in [7, 11) is 1.68. The maximum Gasteiger partial charge on any atom is 0.326 e. The van der Waals surface area contributed by atoms with Crippen molar-refractivity contribution in [1.29, 1.82) is 0 Å². The Hall–Kier alpha value is -1.34. The van der Waals surface area contributed by atoms with Crippen LogP contribution in [0.1, 0.15) is 19.3 Å². The first-order chi connectivity index (χ1) is 9.49. The molecule has 0 unspecified atom stereocenters. The van der Waals surface area contributed by atoms with Gasteiger partial charge in [0.25, 0.3) is 0 Å². The molecule has 0 aromatic rings. The lowest BCUT2D eigenvalue weighted by Gasteiger charge is -2.28. The van der Waals surface area contributed by atoms with Gasteiger partial charge in [0, 0.05) is 33.1 Å². The van der Waals surface area contributed by atoms with Gasteiger partial charge in [-0.25, -0.2) is 9.59 Å². The number of β-amino-alcohol motifs (C(OH)–C–C–N with tert-alkyl or cyclic N) is 1. The fourth-order valence-electron chi connectivity index (χ4n) is 2.87. The molecule has 2 atom stereocenters. The number of carbonyl (C=O) groups is 2. The van der Waals surface area contributed by atoms with Crippen LogP contribution < -0.4 is 0 Å². The van der Waals surface area contributed by atoms with E-state index in [9.17, 15) is 14.7 Å². The van der Waals surface area contributed by atoms with E-state index in [0.717, 1.165) is 19.6 Å². The number of nitrogens with zero attached hydrogens (tertiary/aromatic N) is 3. The van der Waals surface area contributed by atoms with Gasteiger partial charge in [0.1, 0.15) is 6.04 Å². The van der Waals surface area contributed by atoms with Crippen molar-refractivity contribution < 1.29 is 19.8 Å². The first kappa shape index (κ1) is 15.1. The van der Waals surface area contributed by atoms with Gasteiger partial charge in [-0.1, -0.05) is 0 Å². The molecule has 2 rings (SSSR count). The number of hydrogen-bond donors (Lipinski definition) is 2. The minimum Gasteiger partial charge on any atom is -0.480 e. The predicted octanol–water partition coefficient (Wildman–Crippen LogP) is -0.346. The van der Waals surface area contributed by atoms with Crippen molar-refractivity contribution in [3.63, 3.8) is 0 Å². The van der Waals surface area contributed by atoms with Crippen LogP contribution in [0.5, 0.6) is 0 Å². The summed E-state index contributed by atoms with van der Waals surface area (Å²) in [6.07, 6.45) is 1.78. The van der Waals surface area contributed by atoms with Gasteiger partial charge in [0.2, 0.25) is 0 Å². The molecule has 2 aliphatic rings. The lowest BCUT2D eigenvalue weighted by Crippen LogP contribution is -2.48. The highest BCUT2D eigenvalue weighted by atomic mass is 16.4. The highest BCUT2D eigenvalue weighted by Crippen LogP contribution is 2.19. The molecule has 114 valence electrons. The van der Waals surface area contributed by atoms with Crippen molar-refractivity contribution in [2.24, 2.45) is 0 Å². The number of hydrogen-bond acceptors (Lipinski definition) is 4. The van der Waals surface area contributed by atoms with E-state index in [1.807, 2.05) is 0 Å². The normalized spacial score (nSPS) is 27.0. The molecule has 2 amide bonds. The number of carboxylic acid groups (broad SMARTS) is 1. The minimum absolute atomic E-state index is 0.101. The van der Waals surface area contributed by atoms with Crippen LogP contribution in [0.4, 0.5) is 4.79 Å². The third-order valence-electron chi connectivity index (χ3n) is 4.09. The minimum atomic E-state index is -1.05. The van der Waals surface area contributed by atoms with Gasteiger partial charge in [-0.05, 0) is 25.9 Å². The Kier molecular flexibility index (Phi) is 4.82. The smallest absolute Gasteiger partial charge is 0.326 e. The maximum absolute atomic E-state index is 12.3. The Bertz CT molecular complexity index is 371. The SMILES string of the molecule is CN(CCN1CCCC1)C(=O)N1C[C@H](O)C[C@@H]1C(=O)O. The average Bonchev–Trinajstić information content (AvgIpc) is 3.03. The van der Waals surface area contributed by atoms with Crippen LogP contribution >= 0.6 is 0 Å². The number of carbonyl (C=O) groups excluding carboxylic acids is 1. The summed E-state index contributed by atoms with van der Waals surface area (Å²) in [4.78, 5) is 28.5. The summed E-state index contributed by atoms with van der Waals surface area (Å²) >= 11 is 0. The Balaban J connectivity index is 1.86. The zero-order valence-corrected chi connectivity index (χ0v) is 11.9. The fraction of sp³-hybridized carbons (Fsp3) is 0.846. The van der Waals surface area contributed by atoms with Crippen molar-refractivity contribution in [2.75, 3.05) is 39.8 Å². The Morgan fingerprint density at radius 1 is 1.30 bits per heavy atom. The van der Waals surface area contributed by atoms with E-state index in [-0.39, 0.29) is 19.0 Å². The number of aliphatic carboxylic acids is 1. The number of aliphatic hydroxyl groups excluding tert-OH is 1. The molecule has 0 aromatic carbocycles. The number of urea groups is 1. The standard InChI is InChI=1S/C13H23N3O4/c1-14(6-7-15-4-2-3-5-15)13(20)16-9-10(17)8-11(16)12(18)19/h10-11,17H,2-9H2,1H3,(H,18,19)/t10-,11-/m1/s1. The first-order valence-corrected chi connectivity index (χ1v) is 7.14. The van der Waals surface area contributed by atoms with Crippen LogP contribution in [0.3, 0.4) is 0 Å². The summed E-state index contributed by atoms with van der Waals surface area (Å²) in [5.41, 5.74) is 0. The van der Waals surface area contributed by atoms with Gasteiger partial charge in [0.05, 0.1) is 6.10 Å². The number of aliphatic hydroxyl groups is 1. The van der Waals surface area contributed by atoms with Crippen LogP contribution in [-0.4, -0.2) is 88.8 Å². The van der Waals surface area contributed by atoms with Crippen LogP contribution in [-0.2, 0) is 4.79 Å². The largest absolute Gasteiger partial charge is 0.480 e. The van der Waals surface area contributed by atoms with Gasteiger partial charge >= 0.3 is 12.0 Å². The summed E-state index contributed by atoms with van der Waals surface area (Å²) in [5, 5.41) is 18.7. The fourth-order valence-corrected chi connectivity index (χ4v) is 2.87. The first-order valence-electron chi connectivity index (χ1n) is 7.14. The predicted molar refractivity (Wildman–Crippen MR) is 72.5 cm³/mol. The monoisotopic (exact) mass is 285 g/mol. The summed E-state index contributed by atoms with van der Waals surface area (Å²) in [5.74, 6) is -1.05. The molecule has 7 nitrogen and oxygen atoms in total. The molecule has 0 saturated carbocycles. The number of rotatable bonds is 4. The highest BCUT2D eigenvalue weighted by molar-refractivity contribution is 5.83. The van der Waals surface area contributed by atoms with Gasteiger partial charge in [-0.2, -0.15) is 0 Å². The topological polar surface area (TPSA) is 84.3 Å². The Morgan fingerprint density at radius 3 is 2.55 bits per heavy atom. The molecule has 2 aliphatic heterocycles. The Morgan fingerprint density at radius 2 is 1.95 bits per heavy atom. The summed E-state index contributed by atoms with van der Waals surface area (Å²) in [6, 6.07) is -1.22. The van der Waals surface area contributed by atoms with Crippen LogP contribution in [0.2, 0.25) is 0 Å². The highest BCUT2D eigenvalue weighted by Gasteiger charge is 2.40. The second-order valence-electron chi connectivity index (χ2n) is 5.65. The van der Waals surface area contributed by atoms with Crippen LogP contribution in [0.15, 0.2) is 0 Å². The van der Waals surface area contributed by atoms with Gasteiger partial charge in [0.15, 0.2) is 0 Å². The van der Waals surface area contributed by atoms with Crippen molar-refractivity contribution in [1.82, 2.24) is 14.7 Å². The molecule has 7 heteroatoms. The third kappa shape index (κ3) is 3.40. The molecule has 0 bridgehead atoms. The summed E-state index contributed by atoms with van der Waals surface area (Å²) in [6.45, 7) is 3.64. The maximum atomic E-state index is 12.3. The Labute approximate surface area is 118 Å². The van der Waals surface area contributed by atoms with Crippen LogP contribution in [0.25, 0.3) is 0 Å². The second-order valence-corrected chi connectivity index (χ2v) is 5.65. The number of likely N-dealkylation sites (N-methyl/N-ethyl adjacent to an activating group) is 1. The number of carboxylic acids is 1. The number of likely N-dealkylation sites (tertiary alicyclic amines) is 2. The molecule has 20 heavy (non-hydrogen) atoms. The van der Waals surface area contributed by atoms with Gasteiger partial charge < -0.3 is 24.9 Å². The number of amides is 2. The molecular formula is C13H23N3O4. The van der Waals surface area contributed by atoms with E-state index in [1.165, 1.54) is 17.7 Å². The van der Waals surface area contributed by atoms with Crippen molar-refractivity contribution in [3.8, 4) is 0 Å². The molecule has 0 radical (unpaired) electrons. The molecular weight excluding hydrogens is 262 g/mol. The van der Waals surface area contributed by atoms with E-state index < -0.39 is 18.1 Å². The van der Waals surface area contributed by atoms with Crippen molar-refractivity contribution >= 4 is 12.0 Å². The van der Waals surface area contributed by atoms with E-state index in [0.29, 0.717) is 6.54 Å². The molecule has 2 heterocycles. The third-order valence-corrected chi connectivity index (χ3v) is 4.09. The quantitative estimate of drug-likeness (QED) is 0.738. The molecule has 2 N–H and O–H groups in total. The van der Waals surface area contributed by atoms with Gasteiger partial charge in [-0.15, -0.1) is 0 Å². The average molecular weight is 285 g/mol. The molecule has 0 aliphatic carbocycles. The lowest BCUT2D eigenvalue weighted by atomic mass is 10.2. The van der Waals surface area contributed by atoms with E-state index in [1.54, 1.807) is 11.9 Å². The molecule has 0 spiro atoms. The lowest BCUT2D eigenvalue weighted by molar-refractivity contribution is -0.141. The summed E-state index contributed by atoms with van der Waals surface area (Å²) < 4.78 is 0. The van der Waals surface area contributed by atoms with Gasteiger partial charge in [-0.3, -0.25) is 0 Å². The van der Waals surface area contributed by atoms with E-state index >= 15 is 0 Å². The van der Waals surface area contributed by atoms with E-state index in [4.69, 9.17) is 5.11 Å². The second kappa shape index (κ2) is 6.41. The van der Waals surface area contributed by atoms with Crippen molar-refractivity contribution in [2.45, 2.75) is 31.4 Å². The molecule has 2 fully saturated rings. The molecule has 0 aromatic heterocycles. The van der Waals surface area contributed by atoms with Crippen molar-refractivity contribution in [3.05, 3.63) is 0 Å². The zero-order valence-electron chi connectivity index (χ0n) is 11.9. The van der Waals surface area contributed by atoms with Crippen LogP contribution in [0, 0.1) is 0 Å². The van der Waals surface area contributed by atoms with E-state index in [2.05, 4.69) is 4.90 Å². The zero-order chi connectivity index (χ0) is 14.7.